The molecule has 1 aromatic carbocycles. The minimum atomic E-state index is -3.15. The summed E-state index contributed by atoms with van der Waals surface area (Å²) in [6.45, 7) is 0. The van der Waals surface area contributed by atoms with E-state index in [4.69, 9.17) is 0 Å². The second kappa shape index (κ2) is 3.94. The van der Waals surface area contributed by atoms with Crippen molar-refractivity contribution in [2.24, 2.45) is 0 Å². The molecule has 1 aliphatic carbocycles. The lowest BCUT2D eigenvalue weighted by atomic mass is 10.1. The molecule has 1 aromatic rings. The van der Waals surface area contributed by atoms with Crippen molar-refractivity contribution in [2.75, 3.05) is 7.05 Å². The van der Waals surface area contributed by atoms with Crippen molar-refractivity contribution >= 4 is 10.0 Å². The van der Waals surface area contributed by atoms with E-state index in [1.807, 2.05) is 24.3 Å². The second-order valence-corrected chi connectivity index (χ2v) is 5.86. The lowest BCUT2D eigenvalue weighted by Gasteiger charge is -2.08. The van der Waals surface area contributed by atoms with Gasteiger partial charge in [0.05, 0.1) is 5.75 Å². The summed E-state index contributed by atoms with van der Waals surface area (Å²) in [4.78, 5) is 0. The van der Waals surface area contributed by atoms with E-state index in [1.54, 1.807) is 0 Å². The first-order chi connectivity index (χ1) is 7.12. The van der Waals surface area contributed by atoms with Gasteiger partial charge in [0.2, 0.25) is 10.0 Å². The first-order valence-corrected chi connectivity index (χ1v) is 6.76. The molecule has 0 saturated heterocycles. The van der Waals surface area contributed by atoms with E-state index in [0.29, 0.717) is 5.92 Å². The molecule has 0 atom stereocenters. The first-order valence-electron chi connectivity index (χ1n) is 5.11. The fourth-order valence-corrected chi connectivity index (χ4v) is 2.55. The molecule has 0 unspecified atom stereocenters. The molecule has 0 bridgehead atoms. The molecule has 0 amide bonds. The van der Waals surface area contributed by atoms with Gasteiger partial charge in [-0.25, -0.2) is 13.1 Å². The average molecular weight is 225 g/mol. The van der Waals surface area contributed by atoms with Crippen LogP contribution in [0.4, 0.5) is 0 Å². The molecule has 0 radical (unpaired) electrons. The number of rotatable bonds is 4. The molecule has 0 heterocycles. The Balaban J connectivity index is 2.27. The quantitative estimate of drug-likeness (QED) is 0.846. The van der Waals surface area contributed by atoms with E-state index in [2.05, 4.69) is 4.72 Å². The Labute approximate surface area is 90.6 Å². The van der Waals surface area contributed by atoms with E-state index in [1.165, 1.54) is 25.5 Å². The Bertz CT molecular complexity index is 449. The highest BCUT2D eigenvalue weighted by atomic mass is 32.2. The molecular formula is C11H15NO2S. The largest absolute Gasteiger partial charge is 0.218 e. The minimum absolute atomic E-state index is 0.0934. The molecule has 15 heavy (non-hydrogen) atoms. The van der Waals surface area contributed by atoms with Gasteiger partial charge in [0, 0.05) is 0 Å². The summed E-state index contributed by atoms with van der Waals surface area (Å²) in [5.74, 6) is 0.684. The van der Waals surface area contributed by atoms with Crippen LogP contribution in [-0.4, -0.2) is 15.5 Å². The monoisotopic (exact) mass is 225 g/mol. The van der Waals surface area contributed by atoms with Crippen molar-refractivity contribution in [2.45, 2.75) is 24.5 Å². The fraction of sp³-hybridized carbons (Fsp3) is 0.455. The van der Waals surface area contributed by atoms with Gasteiger partial charge in [-0.2, -0.15) is 0 Å². The van der Waals surface area contributed by atoms with Gasteiger partial charge < -0.3 is 0 Å². The molecule has 4 heteroatoms. The van der Waals surface area contributed by atoms with Crippen LogP contribution in [0.3, 0.4) is 0 Å². The van der Waals surface area contributed by atoms with Crippen LogP contribution < -0.4 is 4.72 Å². The first kappa shape index (κ1) is 10.6. The van der Waals surface area contributed by atoms with Crippen molar-refractivity contribution < 1.29 is 8.42 Å². The normalized spacial score (nSPS) is 16.6. The van der Waals surface area contributed by atoms with Crippen molar-refractivity contribution in [3.05, 3.63) is 35.4 Å². The topological polar surface area (TPSA) is 46.2 Å². The molecule has 0 spiro atoms. The van der Waals surface area contributed by atoms with Gasteiger partial charge in [-0.15, -0.1) is 0 Å². The van der Waals surface area contributed by atoms with Gasteiger partial charge in [0.25, 0.3) is 0 Å². The lowest BCUT2D eigenvalue weighted by Crippen LogP contribution is -2.20. The molecule has 1 aliphatic rings. The zero-order chi connectivity index (χ0) is 10.9. The lowest BCUT2D eigenvalue weighted by molar-refractivity contribution is 0.587. The van der Waals surface area contributed by atoms with E-state index in [-0.39, 0.29) is 5.75 Å². The summed E-state index contributed by atoms with van der Waals surface area (Å²) in [5, 5.41) is 0. The van der Waals surface area contributed by atoms with Gasteiger partial charge in [-0.1, -0.05) is 24.3 Å². The van der Waals surface area contributed by atoms with Crippen molar-refractivity contribution in [3.63, 3.8) is 0 Å². The maximum absolute atomic E-state index is 11.5. The van der Waals surface area contributed by atoms with Crippen LogP contribution in [-0.2, 0) is 15.8 Å². The summed E-state index contributed by atoms with van der Waals surface area (Å²) < 4.78 is 25.3. The van der Waals surface area contributed by atoms with E-state index < -0.39 is 10.0 Å². The van der Waals surface area contributed by atoms with Crippen LogP contribution in [0.5, 0.6) is 0 Å². The standard InChI is InChI=1S/C11H15NO2S/c1-12-15(13,14)8-10-4-2-3-5-11(10)9-6-7-9/h2-5,9,12H,6-8H2,1H3. The van der Waals surface area contributed by atoms with Crippen LogP contribution in [0, 0.1) is 0 Å². The molecular weight excluding hydrogens is 210 g/mol. The highest BCUT2D eigenvalue weighted by Gasteiger charge is 2.26. The third-order valence-electron chi connectivity index (χ3n) is 2.73. The Morgan fingerprint density at radius 1 is 1.33 bits per heavy atom. The van der Waals surface area contributed by atoms with Crippen molar-refractivity contribution in [3.8, 4) is 0 Å². The number of benzene rings is 1. The van der Waals surface area contributed by atoms with E-state index in [0.717, 1.165) is 5.56 Å². The van der Waals surface area contributed by atoms with Crippen LogP contribution in [0.25, 0.3) is 0 Å². The molecule has 82 valence electrons. The van der Waals surface area contributed by atoms with Gasteiger partial charge in [-0.3, -0.25) is 0 Å². The minimum Gasteiger partial charge on any atom is -0.218 e. The summed E-state index contributed by atoms with van der Waals surface area (Å²) in [7, 11) is -1.70. The molecule has 0 aromatic heterocycles. The Kier molecular flexibility index (Phi) is 2.80. The van der Waals surface area contributed by atoms with Crippen LogP contribution in [0.1, 0.15) is 29.9 Å². The van der Waals surface area contributed by atoms with Crippen LogP contribution in [0.2, 0.25) is 0 Å². The molecule has 3 nitrogen and oxygen atoms in total. The van der Waals surface area contributed by atoms with Crippen LogP contribution in [0.15, 0.2) is 24.3 Å². The highest BCUT2D eigenvalue weighted by molar-refractivity contribution is 7.88. The Morgan fingerprint density at radius 3 is 2.60 bits per heavy atom. The molecule has 1 saturated carbocycles. The van der Waals surface area contributed by atoms with Crippen molar-refractivity contribution in [1.82, 2.24) is 4.72 Å². The average Bonchev–Trinajstić information content (AvgIpc) is 3.02. The summed E-state index contributed by atoms with van der Waals surface area (Å²) in [6, 6.07) is 7.82. The zero-order valence-corrected chi connectivity index (χ0v) is 9.55. The molecule has 0 aliphatic heterocycles. The molecule has 1 fully saturated rings. The highest BCUT2D eigenvalue weighted by Crippen LogP contribution is 2.41. The number of sulfonamides is 1. The predicted octanol–water partition coefficient (Wildman–Crippen LogP) is 1.61. The van der Waals surface area contributed by atoms with Crippen LogP contribution >= 0.6 is 0 Å². The van der Waals surface area contributed by atoms with Gasteiger partial charge in [0.15, 0.2) is 0 Å². The summed E-state index contributed by atoms with van der Waals surface area (Å²) in [6.07, 6.45) is 2.38. The van der Waals surface area contributed by atoms with Gasteiger partial charge in [0.1, 0.15) is 0 Å². The van der Waals surface area contributed by atoms with Crippen molar-refractivity contribution in [1.29, 1.82) is 0 Å². The van der Waals surface area contributed by atoms with Gasteiger partial charge in [-0.05, 0) is 36.9 Å². The number of hydrogen-bond acceptors (Lipinski definition) is 2. The smallest absolute Gasteiger partial charge is 0.215 e. The maximum Gasteiger partial charge on any atom is 0.215 e. The molecule has 2 rings (SSSR count). The summed E-state index contributed by atoms with van der Waals surface area (Å²) in [5.41, 5.74) is 2.14. The zero-order valence-electron chi connectivity index (χ0n) is 8.73. The molecule has 1 N–H and O–H groups in total. The third kappa shape index (κ3) is 2.58. The second-order valence-electron chi connectivity index (χ2n) is 3.94. The Hall–Kier alpha value is -0.870. The van der Waals surface area contributed by atoms with E-state index in [9.17, 15) is 8.42 Å². The third-order valence-corrected chi connectivity index (χ3v) is 4.04. The number of nitrogens with one attached hydrogen (secondary N) is 1. The fourth-order valence-electron chi connectivity index (χ4n) is 1.74. The maximum atomic E-state index is 11.5. The SMILES string of the molecule is CNS(=O)(=O)Cc1ccccc1C1CC1. The number of hydrogen-bond donors (Lipinski definition) is 1. The summed E-state index contributed by atoms with van der Waals surface area (Å²) >= 11 is 0. The predicted molar refractivity (Wildman–Crippen MR) is 60.1 cm³/mol. The van der Waals surface area contributed by atoms with Gasteiger partial charge >= 0.3 is 0 Å². The van der Waals surface area contributed by atoms with E-state index >= 15 is 0 Å². The Morgan fingerprint density at radius 2 is 2.00 bits per heavy atom.